The summed E-state index contributed by atoms with van der Waals surface area (Å²) in [6, 6.07) is 6.13. The van der Waals surface area contributed by atoms with Crippen LogP contribution in [0.3, 0.4) is 0 Å². The standard InChI is InChI=1S/C12H13ClFNO3/c13-9-3-1-8(2-4-9)12(14)5-6-15(11(17)18)7-10(12)16/h1-4,10,16H,5-7H2,(H,17,18). The molecule has 2 atom stereocenters. The number of alkyl halides is 1. The predicted molar refractivity (Wildman–Crippen MR) is 64.5 cm³/mol. The zero-order chi connectivity index (χ0) is 13.3. The van der Waals surface area contributed by atoms with E-state index in [4.69, 9.17) is 16.7 Å². The molecule has 1 aliphatic rings. The van der Waals surface area contributed by atoms with E-state index in [1.807, 2.05) is 0 Å². The normalized spacial score (nSPS) is 28.2. The Kier molecular flexibility index (Phi) is 3.45. The minimum atomic E-state index is -1.92. The number of carbonyl (C=O) groups is 1. The molecule has 2 rings (SSSR count). The van der Waals surface area contributed by atoms with Crippen molar-refractivity contribution >= 4 is 17.7 Å². The molecule has 1 heterocycles. The first-order valence-electron chi connectivity index (χ1n) is 5.54. The number of β-amino-alcohol motifs (C(OH)–C–C–N with tert-alkyl or cyclic N) is 1. The van der Waals surface area contributed by atoms with Crippen LogP contribution >= 0.6 is 11.6 Å². The fraction of sp³-hybridized carbons (Fsp3) is 0.417. The van der Waals surface area contributed by atoms with Gasteiger partial charge in [-0.15, -0.1) is 0 Å². The van der Waals surface area contributed by atoms with Crippen LogP contribution in [-0.4, -0.2) is 40.4 Å². The highest BCUT2D eigenvalue weighted by Gasteiger charge is 2.45. The summed E-state index contributed by atoms with van der Waals surface area (Å²) in [6.45, 7) is -0.167. The number of piperidine rings is 1. The summed E-state index contributed by atoms with van der Waals surface area (Å²) < 4.78 is 14.8. The van der Waals surface area contributed by atoms with Crippen LogP contribution in [0.1, 0.15) is 12.0 Å². The van der Waals surface area contributed by atoms with Gasteiger partial charge in [-0.3, -0.25) is 0 Å². The highest BCUT2D eigenvalue weighted by atomic mass is 35.5. The third-order valence-corrected chi connectivity index (χ3v) is 3.51. The summed E-state index contributed by atoms with van der Waals surface area (Å²) in [5, 5.41) is 19.2. The molecule has 6 heteroatoms. The van der Waals surface area contributed by atoms with Gasteiger partial charge < -0.3 is 15.1 Å². The average molecular weight is 274 g/mol. The second-order valence-electron chi connectivity index (χ2n) is 4.36. The van der Waals surface area contributed by atoms with Crippen molar-refractivity contribution in [2.24, 2.45) is 0 Å². The van der Waals surface area contributed by atoms with E-state index in [0.717, 1.165) is 4.90 Å². The lowest BCUT2D eigenvalue weighted by Crippen LogP contribution is -2.52. The second kappa shape index (κ2) is 4.74. The lowest BCUT2D eigenvalue weighted by Gasteiger charge is -2.39. The Morgan fingerprint density at radius 1 is 1.44 bits per heavy atom. The van der Waals surface area contributed by atoms with Crippen molar-refractivity contribution in [3.63, 3.8) is 0 Å². The summed E-state index contributed by atoms with van der Waals surface area (Å²) >= 11 is 5.73. The molecule has 0 radical (unpaired) electrons. The summed E-state index contributed by atoms with van der Waals surface area (Å²) in [4.78, 5) is 11.8. The number of nitrogens with zero attached hydrogens (tertiary/aromatic N) is 1. The minimum absolute atomic E-state index is 0.0610. The average Bonchev–Trinajstić information content (AvgIpc) is 2.33. The number of likely N-dealkylation sites (tertiary alicyclic amines) is 1. The van der Waals surface area contributed by atoms with E-state index < -0.39 is 17.9 Å². The predicted octanol–water partition coefficient (Wildman–Crippen LogP) is 2.25. The Bertz CT molecular complexity index is 453. The number of amides is 1. The van der Waals surface area contributed by atoms with Crippen LogP contribution in [0.2, 0.25) is 5.02 Å². The van der Waals surface area contributed by atoms with Gasteiger partial charge >= 0.3 is 6.09 Å². The van der Waals surface area contributed by atoms with Gasteiger partial charge in [0.1, 0.15) is 6.10 Å². The Morgan fingerprint density at radius 3 is 2.56 bits per heavy atom. The lowest BCUT2D eigenvalue weighted by molar-refractivity contribution is -0.0654. The van der Waals surface area contributed by atoms with Crippen molar-refractivity contribution in [3.8, 4) is 0 Å². The molecule has 2 N–H and O–H groups in total. The number of hydrogen-bond acceptors (Lipinski definition) is 2. The number of carboxylic acid groups (broad SMARTS) is 1. The number of aliphatic hydroxyl groups excluding tert-OH is 1. The molecule has 1 amide bonds. The van der Waals surface area contributed by atoms with Crippen molar-refractivity contribution in [1.29, 1.82) is 0 Å². The van der Waals surface area contributed by atoms with Crippen LogP contribution in [0.15, 0.2) is 24.3 Å². The number of halogens is 2. The third kappa shape index (κ3) is 2.28. The quantitative estimate of drug-likeness (QED) is 0.825. The fourth-order valence-electron chi connectivity index (χ4n) is 2.15. The monoisotopic (exact) mass is 273 g/mol. The Morgan fingerprint density at radius 2 is 2.06 bits per heavy atom. The molecule has 0 bridgehead atoms. The summed E-state index contributed by atoms with van der Waals surface area (Å²) in [6.07, 6.45) is -2.59. The summed E-state index contributed by atoms with van der Waals surface area (Å²) in [7, 11) is 0. The molecule has 0 aromatic heterocycles. The van der Waals surface area contributed by atoms with Gasteiger partial charge in [-0.25, -0.2) is 9.18 Å². The smallest absolute Gasteiger partial charge is 0.407 e. The molecule has 0 spiro atoms. The van der Waals surface area contributed by atoms with E-state index in [1.54, 1.807) is 12.1 Å². The first-order valence-corrected chi connectivity index (χ1v) is 5.92. The second-order valence-corrected chi connectivity index (χ2v) is 4.80. The number of rotatable bonds is 1. The summed E-state index contributed by atoms with van der Waals surface area (Å²) in [5.74, 6) is 0. The molecule has 2 unspecified atom stereocenters. The van der Waals surface area contributed by atoms with Gasteiger partial charge in [-0.05, 0) is 17.7 Å². The van der Waals surface area contributed by atoms with Crippen LogP contribution < -0.4 is 0 Å². The maximum atomic E-state index is 14.8. The number of hydrogen-bond donors (Lipinski definition) is 2. The molecule has 1 fully saturated rings. The van der Waals surface area contributed by atoms with Gasteiger partial charge in [0.15, 0.2) is 5.67 Å². The van der Waals surface area contributed by atoms with E-state index in [1.165, 1.54) is 12.1 Å². The highest BCUT2D eigenvalue weighted by Crippen LogP contribution is 2.37. The van der Waals surface area contributed by atoms with Crippen molar-refractivity contribution in [2.45, 2.75) is 18.2 Å². The van der Waals surface area contributed by atoms with Crippen molar-refractivity contribution in [1.82, 2.24) is 4.90 Å². The van der Waals surface area contributed by atoms with E-state index in [9.17, 15) is 14.3 Å². The molecular formula is C12H13ClFNO3. The SMILES string of the molecule is O=C(O)N1CCC(F)(c2ccc(Cl)cc2)C(O)C1. The maximum Gasteiger partial charge on any atom is 0.407 e. The van der Waals surface area contributed by atoms with Gasteiger partial charge in [0.25, 0.3) is 0 Å². The Hall–Kier alpha value is -1.33. The van der Waals surface area contributed by atoms with E-state index in [-0.39, 0.29) is 19.5 Å². The van der Waals surface area contributed by atoms with Crippen molar-refractivity contribution < 1.29 is 19.4 Å². The van der Waals surface area contributed by atoms with Crippen molar-refractivity contribution in [3.05, 3.63) is 34.9 Å². The topological polar surface area (TPSA) is 60.8 Å². The molecule has 98 valence electrons. The fourth-order valence-corrected chi connectivity index (χ4v) is 2.27. The summed E-state index contributed by atoms with van der Waals surface area (Å²) in [5.41, 5.74) is -1.60. The molecule has 4 nitrogen and oxygen atoms in total. The van der Waals surface area contributed by atoms with E-state index in [0.29, 0.717) is 10.6 Å². The van der Waals surface area contributed by atoms with Gasteiger partial charge in [0.2, 0.25) is 0 Å². The zero-order valence-electron chi connectivity index (χ0n) is 9.51. The molecule has 18 heavy (non-hydrogen) atoms. The van der Waals surface area contributed by atoms with Gasteiger partial charge in [-0.2, -0.15) is 0 Å². The number of benzene rings is 1. The largest absolute Gasteiger partial charge is 0.465 e. The Balaban J connectivity index is 2.22. The molecule has 1 aromatic carbocycles. The van der Waals surface area contributed by atoms with Crippen LogP contribution in [-0.2, 0) is 5.67 Å². The van der Waals surface area contributed by atoms with Crippen LogP contribution in [0.25, 0.3) is 0 Å². The highest BCUT2D eigenvalue weighted by molar-refractivity contribution is 6.30. The number of aliphatic hydroxyl groups is 1. The zero-order valence-corrected chi connectivity index (χ0v) is 10.3. The van der Waals surface area contributed by atoms with Gasteiger partial charge in [-0.1, -0.05) is 23.7 Å². The van der Waals surface area contributed by atoms with Gasteiger partial charge in [0.05, 0.1) is 6.54 Å². The molecule has 0 aliphatic carbocycles. The first-order chi connectivity index (χ1) is 8.43. The van der Waals surface area contributed by atoms with Crippen LogP contribution in [0.4, 0.5) is 9.18 Å². The minimum Gasteiger partial charge on any atom is -0.465 e. The molecule has 1 saturated heterocycles. The van der Waals surface area contributed by atoms with Gasteiger partial charge in [0, 0.05) is 18.0 Å². The molecule has 0 saturated carbocycles. The maximum absolute atomic E-state index is 14.8. The lowest BCUT2D eigenvalue weighted by atomic mass is 9.84. The Labute approximate surface area is 109 Å². The van der Waals surface area contributed by atoms with E-state index >= 15 is 0 Å². The van der Waals surface area contributed by atoms with Crippen molar-refractivity contribution in [2.75, 3.05) is 13.1 Å². The molecule has 1 aliphatic heterocycles. The molecular weight excluding hydrogens is 261 g/mol. The van der Waals surface area contributed by atoms with Crippen LogP contribution in [0, 0.1) is 0 Å². The molecule has 1 aromatic rings. The van der Waals surface area contributed by atoms with Crippen LogP contribution in [0.5, 0.6) is 0 Å². The first kappa shape index (κ1) is 13.1. The third-order valence-electron chi connectivity index (χ3n) is 3.26. The van der Waals surface area contributed by atoms with E-state index in [2.05, 4.69) is 0 Å².